The van der Waals surface area contributed by atoms with Crippen molar-refractivity contribution in [2.75, 3.05) is 5.32 Å². The fraction of sp³-hybridized carbons (Fsp3) is 0.190. The van der Waals surface area contributed by atoms with Crippen LogP contribution in [0.2, 0.25) is 5.02 Å². The molecule has 0 bridgehead atoms. The average molecular weight is 460 g/mol. The number of thiophene rings is 1. The predicted octanol–water partition coefficient (Wildman–Crippen LogP) is 4.68. The van der Waals surface area contributed by atoms with Gasteiger partial charge in [0.25, 0.3) is 11.8 Å². The molecule has 30 heavy (non-hydrogen) atoms. The van der Waals surface area contributed by atoms with Gasteiger partial charge in [-0.1, -0.05) is 23.7 Å². The van der Waals surface area contributed by atoms with E-state index >= 15 is 0 Å². The Labute approximate surface area is 187 Å². The summed E-state index contributed by atoms with van der Waals surface area (Å²) in [4.78, 5) is 25.5. The molecule has 2 amide bonds. The summed E-state index contributed by atoms with van der Waals surface area (Å²) in [7, 11) is 0. The lowest BCUT2D eigenvalue weighted by atomic mass is 10.1. The van der Waals surface area contributed by atoms with Crippen LogP contribution >= 0.6 is 35.2 Å². The van der Waals surface area contributed by atoms with Crippen molar-refractivity contribution in [3.8, 4) is 11.3 Å². The lowest BCUT2D eigenvalue weighted by Crippen LogP contribution is -2.34. The number of primary amides is 1. The maximum atomic E-state index is 12.5. The van der Waals surface area contributed by atoms with Crippen molar-refractivity contribution >= 4 is 57.1 Å². The molecule has 2 aromatic heterocycles. The Morgan fingerprint density at radius 3 is 2.77 bits per heavy atom. The van der Waals surface area contributed by atoms with Gasteiger partial charge in [-0.05, 0) is 67.7 Å². The largest absolute Gasteiger partial charge is 0.451 e. The molecule has 4 rings (SSSR count). The molecule has 154 valence electrons. The Hall–Kier alpha value is -2.68. The summed E-state index contributed by atoms with van der Waals surface area (Å²) >= 11 is 12.9. The monoisotopic (exact) mass is 459 g/mol. The molecule has 0 aliphatic heterocycles. The maximum Gasteiger partial charge on any atom is 0.293 e. The third-order valence-corrected chi connectivity index (χ3v) is 6.73. The number of rotatable bonds is 4. The number of halogens is 1. The molecule has 4 N–H and O–H groups in total. The van der Waals surface area contributed by atoms with E-state index in [0.29, 0.717) is 21.3 Å². The fourth-order valence-corrected chi connectivity index (χ4v) is 5.15. The molecule has 1 aliphatic carbocycles. The van der Waals surface area contributed by atoms with Crippen molar-refractivity contribution in [3.05, 3.63) is 62.7 Å². The highest BCUT2D eigenvalue weighted by molar-refractivity contribution is 7.80. The number of hydrogen-bond acceptors (Lipinski definition) is 5. The van der Waals surface area contributed by atoms with Gasteiger partial charge in [-0.2, -0.15) is 0 Å². The highest BCUT2D eigenvalue weighted by Crippen LogP contribution is 2.38. The SMILES string of the molecule is Cc1ccc(-c2ccc(C(=O)NC(=S)Nc3sc4c(c3C(N)=O)CCC4)o2)cc1Cl. The van der Waals surface area contributed by atoms with E-state index in [1.54, 1.807) is 18.2 Å². The zero-order valence-electron chi connectivity index (χ0n) is 16.0. The quantitative estimate of drug-likeness (QED) is 0.492. The van der Waals surface area contributed by atoms with Crippen LogP contribution in [0.1, 0.15) is 43.3 Å². The first kappa shape index (κ1) is 20.6. The van der Waals surface area contributed by atoms with Gasteiger partial charge in [0.05, 0.1) is 5.56 Å². The van der Waals surface area contributed by atoms with Crippen LogP contribution in [0.15, 0.2) is 34.7 Å². The van der Waals surface area contributed by atoms with Crippen molar-refractivity contribution in [2.45, 2.75) is 26.2 Å². The minimum Gasteiger partial charge on any atom is -0.451 e. The molecule has 3 aromatic rings. The summed E-state index contributed by atoms with van der Waals surface area (Å²) in [6.45, 7) is 1.91. The van der Waals surface area contributed by atoms with E-state index in [1.807, 2.05) is 19.1 Å². The molecule has 0 radical (unpaired) electrons. The third-order valence-electron chi connectivity index (χ3n) is 4.91. The summed E-state index contributed by atoms with van der Waals surface area (Å²) in [5.74, 6) is -0.374. The van der Waals surface area contributed by atoms with Gasteiger partial charge in [0.1, 0.15) is 10.8 Å². The van der Waals surface area contributed by atoms with Gasteiger partial charge in [-0.3, -0.25) is 14.9 Å². The Balaban J connectivity index is 1.46. The second-order valence-electron chi connectivity index (χ2n) is 6.96. The molecule has 0 spiro atoms. The summed E-state index contributed by atoms with van der Waals surface area (Å²) in [5, 5.41) is 6.76. The normalized spacial score (nSPS) is 12.5. The number of nitrogens with two attached hydrogens (primary N) is 1. The summed E-state index contributed by atoms with van der Waals surface area (Å²) in [6, 6.07) is 8.80. The highest BCUT2D eigenvalue weighted by atomic mass is 35.5. The van der Waals surface area contributed by atoms with Crippen LogP contribution in [-0.4, -0.2) is 16.9 Å². The fourth-order valence-electron chi connectivity index (χ4n) is 3.41. The molecule has 0 unspecified atom stereocenters. The Morgan fingerprint density at radius 1 is 1.23 bits per heavy atom. The lowest BCUT2D eigenvalue weighted by molar-refractivity contribution is 0.0950. The minimum absolute atomic E-state index is 0.0683. The van der Waals surface area contributed by atoms with Crippen LogP contribution in [0, 0.1) is 6.92 Å². The number of benzene rings is 1. The molecule has 0 fully saturated rings. The topological polar surface area (TPSA) is 97.4 Å². The second kappa shape index (κ2) is 8.22. The van der Waals surface area contributed by atoms with E-state index in [0.717, 1.165) is 40.8 Å². The number of carbonyl (C=O) groups excluding carboxylic acids is 2. The maximum absolute atomic E-state index is 12.5. The van der Waals surface area contributed by atoms with E-state index in [2.05, 4.69) is 10.6 Å². The van der Waals surface area contributed by atoms with Crippen LogP contribution in [-0.2, 0) is 12.8 Å². The number of thiocarbonyl (C=S) groups is 1. The van der Waals surface area contributed by atoms with E-state index in [9.17, 15) is 9.59 Å². The molecule has 0 saturated carbocycles. The smallest absolute Gasteiger partial charge is 0.293 e. The van der Waals surface area contributed by atoms with Gasteiger partial charge >= 0.3 is 0 Å². The molecule has 0 atom stereocenters. The van der Waals surface area contributed by atoms with E-state index in [-0.39, 0.29) is 10.9 Å². The van der Waals surface area contributed by atoms with E-state index < -0.39 is 11.8 Å². The van der Waals surface area contributed by atoms with Crippen molar-refractivity contribution in [3.63, 3.8) is 0 Å². The van der Waals surface area contributed by atoms with E-state index in [1.165, 1.54) is 11.3 Å². The minimum atomic E-state index is -0.501. The van der Waals surface area contributed by atoms with Crippen molar-refractivity contribution in [1.82, 2.24) is 5.32 Å². The lowest BCUT2D eigenvalue weighted by Gasteiger charge is -2.09. The van der Waals surface area contributed by atoms with Crippen LogP contribution in [0.5, 0.6) is 0 Å². The highest BCUT2D eigenvalue weighted by Gasteiger charge is 2.26. The van der Waals surface area contributed by atoms with Gasteiger partial charge in [-0.15, -0.1) is 11.3 Å². The standard InChI is InChI=1S/C21H18ClN3O3S2/c1-10-5-6-11(9-13(10)22)14-7-8-15(28-14)19(27)24-21(29)25-20-17(18(23)26)12-3-2-4-16(12)30-20/h5-9H,2-4H2,1H3,(H2,23,26)(H2,24,25,27,29). The number of fused-ring (bicyclic) bond motifs is 1. The molecule has 0 saturated heterocycles. The summed E-state index contributed by atoms with van der Waals surface area (Å²) in [6.07, 6.45) is 2.75. The third kappa shape index (κ3) is 3.98. The summed E-state index contributed by atoms with van der Waals surface area (Å²) < 4.78 is 5.66. The first-order valence-corrected chi connectivity index (χ1v) is 10.9. The van der Waals surface area contributed by atoms with Gasteiger partial charge in [0.2, 0.25) is 0 Å². The number of furan rings is 1. The molecule has 2 heterocycles. The number of amides is 2. The number of carbonyl (C=O) groups is 2. The first-order valence-electron chi connectivity index (χ1n) is 9.26. The van der Waals surface area contributed by atoms with Crippen molar-refractivity contribution in [1.29, 1.82) is 0 Å². The van der Waals surface area contributed by atoms with E-state index in [4.69, 9.17) is 34.0 Å². The van der Waals surface area contributed by atoms with Gasteiger partial charge in [-0.25, -0.2) is 0 Å². The number of hydrogen-bond donors (Lipinski definition) is 3. The zero-order valence-corrected chi connectivity index (χ0v) is 18.4. The number of aryl methyl sites for hydroxylation is 2. The second-order valence-corrected chi connectivity index (χ2v) is 8.88. The molecular formula is C21H18ClN3O3S2. The molecular weight excluding hydrogens is 442 g/mol. The molecule has 1 aliphatic rings. The van der Waals surface area contributed by atoms with Crippen LogP contribution in [0.3, 0.4) is 0 Å². The Bertz CT molecular complexity index is 1180. The van der Waals surface area contributed by atoms with Gasteiger partial charge < -0.3 is 15.5 Å². The molecule has 1 aromatic carbocycles. The van der Waals surface area contributed by atoms with Gasteiger partial charge in [0.15, 0.2) is 10.9 Å². The molecule has 6 nitrogen and oxygen atoms in total. The van der Waals surface area contributed by atoms with Crippen LogP contribution in [0.4, 0.5) is 5.00 Å². The van der Waals surface area contributed by atoms with Crippen LogP contribution < -0.4 is 16.4 Å². The first-order chi connectivity index (χ1) is 14.3. The van der Waals surface area contributed by atoms with Crippen molar-refractivity contribution < 1.29 is 14.0 Å². The zero-order chi connectivity index (χ0) is 21.4. The number of nitrogens with one attached hydrogen (secondary N) is 2. The van der Waals surface area contributed by atoms with Crippen LogP contribution in [0.25, 0.3) is 11.3 Å². The number of anilines is 1. The molecule has 9 heteroatoms. The predicted molar refractivity (Wildman–Crippen MR) is 122 cm³/mol. The Kier molecular flexibility index (Phi) is 5.64. The van der Waals surface area contributed by atoms with Gasteiger partial charge in [0, 0.05) is 15.5 Å². The Morgan fingerprint density at radius 2 is 2.03 bits per heavy atom. The summed E-state index contributed by atoms with van der Waals surface area (Å²) in [5.41, 5.74) is 8.72. The average Bonchev–Trinajstić information content (AvgIpc) is 3.39. The van der Waals surface area contributed by atoms with Crippen molar-refractivity contribution in [2.24, 2.45) is 5.73 Å².